The van der Waals surface area contributed by atoms with Crippen LogP contribution in [-0.2, 0) is 0 Å². The molecular formula is C16H19Br2NS. The maximum atomic E-state index is 3.70. The fourth-order valence-corrected chi connectivity index (χ4v) is 4.30. The summed E-state index contributed by atoms with van der Waals surface area (Å²) >= 11 is 9.16. The summed E-state index contributed by atoms with van der Waals surface area (Å²) in [6, 6.07) is 8.89. The van der Waals surface area contributed by atoms with Gasteiger partial charge in [-0.2, -0.15) is 0 Å². The molecule has 1 nitrogen and oxygen atoms in total. The fourth-order valence-electron chi connectivity index (χ4n) is 2.31. The molecule has 0 saturated heterocycles. The van der Waals surface area contributed by atoms with Crippen LogP contribution in [0.3, 0.4) is 0 Å². The number of hydrogen-bond acceptors (Lipinski definition) is 2. The minimum atomic E-state index is 0.250. The van der Waals surface area contributed by atoms with Gasteiger partial charge in [-0.25, -0.2) is 0 Å². The van der Waals surface area contributed by atoms with E-state index in [-0.39, 0.29) is 6.04 Å². The summed E-state index contributed by atoms with van der Waals surface area (Å²) in [5.74, 6) is 0. The molecule has 1 N–H and O–H groups in total. The van der Waals surface area contributed by atoms with E-state index >= 15 is 0 Å². The molecule has 1 unspecified atom stereocenters. The lowest BCUT2D eigenvalue weighted by Crippen LogP contribution is -2.23. The Morgan fingerprint density at radius 3 is 2.55 bits per heavy atom. The third kappa shape index (κ3) is 3.73. The molecule has 0 bridgehead atoms. The van der Waals surface area contributed by atoms with Crippen LogP contribution in [0.25, 0.3) is 0 Å². The van der Waals surface area contributed by atoms with Crippen molar-refractivity contribution in [2.24, 2.45) is 0 Å². The van der Waals surface area contributed by atoms with Crippen molar-refractivity contribution < 1.29 is 0 Å². The molecule has 1 aromatic carbocycles. The molecule has 0 aliphatic heterocycles. The molecule has 0 fully saturated rings. The highest BCUT2D eigenvalue weighted by atomic mass is 79.9. The second kappa shape index (κ2) is 7.21. The van der Waals surface area contributed by atoms with Gasteiger partial charge < -0.3 is 5.32 Å². The minimum Gasteiger partial charge on any atom is -0.306 e. The molecule has 2 rings (SSSR count). The van der Waals surface area contributed by atoms with Crippen LogP contribution in [0.4, 0.5) is 0 Å². The average molecular weight is 417 g/mol. The number of nitrogens with one attached hydrogen (secondary N) is 1. The first kappa shape index (κ1) is 16.2. The first-order valence-electron chi connectivity index (χ1n) is 6.78. The predicted octanol–water partition coefficient (Wildman–Crippen LogP) is 5.98. The number of benzene rings is 1. The van der Waals surface area contributed by atoms with Crippen molar-refractivity contribution in [2.45, 2.75) is 33.2 Å². The van der Waals surface area contributed by atoms with Crippen LogP contribution in [0.1, 0.15) is 40.3 Å². The maximum absolute atomic E-state index is 3.70. The van der Waals surface area contributed by atoms with Crippen LogP contribution < -0.4 is 5.32 Å². The molecule has 2 aromatic rings. The Hall–Kier alpha value is -0.160. The van der Waals surface area contributed by atoms with E-state index in [1.54, 1.807) is 0 Å². The molecule has 20 heavy (non-hydrogen) atoms. The smallest absolute Gasteiger partial charge is 0.0685 e. The van der Waals surface area contributed by atoms with E-state index in [0.29, 0.717) is 0 Å². The van der Waals surface area contributed by atoms with Gasteiger partial charge in [-0.15, -0.1) is 11.3 Å². The van der Waals surface area contributed by atoms with Gasteiger partial charge in [0.1, 0.15) is 0 Å². The zero-order valence-corrected chi connectivity index (χ0v) is 16.0. The molecule has 0 saturated carbocycles. The topological polar surface area (TPSA) is 12.0 Å². The first-order valence-corrected chi connectivity index (χ1v) is 9.18. The molecule has 1 heterocycles. The molecule has 1 aromatic heterocycles. The van der Waals surface area contributed by atoms with E-state index in [2.05, 4.69) is 82.2 Å². The summed E-state index contributed by atoms with van der Waals surface area (Å²) in [4.78, 5) is 2.78. The lowest BCUT2D eigenvalue weighted by molar-refractivity contribution is 0.602. The molecule has 108 valence electrons. The second-order valence-corrected chi connectivity index (χ2v) is 8.02. The van der Waals surface area contributed by atoms with Crippen LogP contribution >= 0.6 is 43.2 Å². The molecule has 0 spiro atoms. The SMILES string of the molecule is CCCNC(c1cc(Br)ccc1Br)c1sc(C)cc1C. The lowest BCUT2D eigenvalue weighted by atomic mass is 10.0. The highest BCUT2D eigenvalue weighted by Crippen LogP contribution is 2.36. The Labute approximate surface area is 142 Å². The van der Waals surface area contributed by atoms with Gasteiger partial charge in [0, 0.05) is 18.7 Å². The Balaban J connectivity index is 2.46. The summed E-state index contributed by atoms with van der Waals surface area (Å²) < 4.78 is 2.27. The quantitative estimate of drug-likeness (QED) is 0.632. The summed E-state index contributed by atoms with van der Waals surface area (Å²) in [5, 5.41) is 3.68. The van der Waals surface area contributed by atoms with Crippen molar-refractivity contribution in [3.05, 3.63) is 54.1 Å². The van der Waals surface area contributed by atoms with E-state index in [4.69, 9.17) is 0 Å². The third-order valence-corrected chi connectivity index (χ3v) is 5.64. The fraction of sp³-hybridized carbons (Fsp3) is 0.375. The normalized spacial score (nSPS) is 12.7. The zero-order valence-electron chi connectivity index (χ0n) is 12.0. The zero-order chi connectivity index (χ0) is 14.7. The third-order valence-electron chi connectivity index (χ3n) is 3.21. The molecule has 1 atom stereocenters. The van der Waals surface area contributed by atoms with E-state index in [9.17, 15) is 0 Å². The first-order chi connectivity index (χ1) is 9.52. The van der Waals surface area contributed by atoms with Gasteiger partial charge in [0.2, 0.25) is 0 Å². The predicted molar refractivity (Wildman–Crippen MR) is 95.8 cm³/mol. The number of thiophene rings is 1. The number of aryl methyl sites for hydroxylation is 2. The van der Waals surface area contributed by atoms with Crippen LogP contribution in [0.15, 0.2) is 33.2 Å². The molecule has 4 heteroatoms. The Kier molecular flexibility index (Phi) is 5.84. The number of hydrogen-bond donors (Lipinski definition) is 1. The van der Waals surface area contributed by atoms with E-state index in [1.807, 2.05) is 11.3 Å². The van der Waals surface area contributed by atoms with Crippen molar-refractivity contribution >= 4 is 43.2 Å². The Morgan fingerprint density at radius 1 is 1.20 bits per heavy atom. The summed E-state index contributed by atoms with van der Waals surface area (Å²) in [6.07, 6.45) is 1.13. The van der Waals surface area contributed by atoms with E-state index < -0.39 is 0 Å². The van der Waals surface area contributed by atoms with Crippen LogP contribution in [0.5, 0.6) is 0 Å². The Bertz CT molecular complexity index is 592. The average Bonchev–Trinajstić information content (AvgIpc) is 2.73. The van der Waals surface area contributed by atoms with Crippen molar-refractivity contribution in [2.75, 3.05) is 6.54 Å². The maximum Gasteiger partial charge on any atom is 0.0685 e. The van der Waals surface area contributed by atoms with Crippen LogP contribution in [0, 0.1) is 13.8 Å². The van der Waals surface area contributed by atoms with Crippen molar-refractivity contribution in [1.29, 1.82) is 0 Å². The highest BCUT2D eigenvalue weighted by Gasteiger charge is 2.20. The van der Waals surface area contributed by atoms with E-state index in [0.717, 1.165) is 21.9 Å². The van der Waals surface area contributed by atoms with Crippen molar-refractivity contribution in [3.8, 4) is 0 Å². The standard InChI is InChI=1S/C16H19Br2NS/c1-4-7-19-15(16-10(2)8-11(3)20-16)13-9-12(17)5-6-14(13)18/h5-6,8-9,15,19H,4,7H2,1-3H3. The van der Waals surface area contributed by atoms with Gasteiger partial charge in [-0.05, 0) is 62.2 Å². The monoisotopic (exact) mass is 415 g/mol. The van der Waals surface area contributed by atoms with Gasteiger partial charge in [0.15, 0.2) is 0 Å². The van der Waals surface area contributed by atoms with Crippen molar-refractivity contribution in [3.63, 3.8) is 0 Å². The number of rotatable bonds is 5. The van der Waals surface area contributed by atoms with Crippen LogP contribution in [0.2, 0.25) is 0 Å². The molecule has 0 amide bonds. The Morgan fingerprint density at radius 2 is 1.95 bits per heavy atom. The molecule has 0 aliphatic rings. The minimum absolute atomic E-state index is 0.250. The van der Waals surface area contributed by atoms with Crippen LogP contribution in [-0.4, -0.2) is 6.54 Å². The van der Waals surface area contributed by atoms with Gasteiger partial charge in [0.25, 0.3) is 0 Å². The number of halogens is 2. The lowest BCUT2D eigenvalue weighted by Gasteiger charge is -2.20. The summed E-state index contributed by atoms with van der Waals surface area (Å²) in [7, 11) is 0. The van der Waals surface area contributed by atoms with Gasteiger partial charge >= 0.3 is 0 Å². The van der Waals surface area contributed by atoms with Gasteiger partial charge in [0.05, 0.1) is 6.04 Å². The van der Waals surface area contributed by atoms with E-state index in [1.165, 1.54) is 20.9 Å². The molecular weight excluding hydrogens is 398 g/mol. The van der Waals surface area contributed by atoms with Gasteiger partial charge in [-0.3, -0.25) is 0 Å². The second-order valence-electron chi connectivity index (χ2n) is 4.96. The summed E-state index contributed by atoms with van der Waals surface area (Å²) in [5.41, 5.74) is 2.66. The summed E-state index contributed by atoms with van der Waals surface area (Å²) in [6.45, 7) is 7.59. The van der Waals surface area contributed by atoms with Crippen molar-refractivity contribution in [1.82, 2.24) is 5.32 Å². The molecule has 0 aliphatic carbocycles. The molecule has 0 radical (unpaired) electrons. The largest absolute Gasteiger partial charge is 0.306 e. The van der Waals surface area contributed by atoms with Gasteiger partial charge in [-0.1, -0.05) is 38.8 Å². The highest BCUT2D eigenvalue weighted by molar-refractivity contribution is 9.11.